The summed E-state index contributed by atoms with van der Waals surface area (Å²) in [5.74, 6) is 0. The number of aromatic nitrogens is 2. The molecule has 0 spiro atoms. The Bertz CT molecular complexity index is 383. The van der Waals surface area contributed by atoms with E-state index < -0.39 is 6.10 Å². The van der Waals surface area contributed by atoms with Crippen LogP contribution in [0.1, 0.15) is 57.7 Å². The molecule has 96 valence electrons. The monoisotopic (exact) mass is 256 g/mol. The van der Waals surface area contributed by atoms with Crippen LogP contribution >= 0.6 is 11.6 Å². The van der Waals surface area contributed by atoms with Crippen molar-refractivity contribution in [3.8, 4) is 0 Å². The van der Waals surface area contributed by atoms with Gasteiger partial charge >= 0.3 is 0 Å². The number of rotatable bonds is 4. The van der Waals surface area contributed by atoms with Crippen LogP contribution in [0.3, 0.4) is 0 Å². The Morgan fingerprint density at radius 3 is 2.65 bits per heavy atom. The fourth-order valence-corrected chi connectivity index (χ4v) is 3.33. The molecule has 0 bridgehead atoms. The summed E-state index contributed by atoms with van der Waals surface area (Å²) in [6, 6.07) is 0. The molecular weight excluding hydrogens is 236 g/mol. The predicted octanol–water partition coefficient (Wildman–Crippen LogP) is 3.56. The summed E-state index contributed by atoms with van der Waals surface area (Å²) < 4.78 is 1.82. The van der Waals surface area contributed by atoms with Crippen LogP contribution in [0.5, 0.6) is 0 Å². The minimum Gasteiger partial charge on any atom is -0.386 e. The number of hydrogen-bond donors (Lipinski definition) is 1. The number of aliphatic hydroxyl groups excluding tert-OH is 1. The maximum Gasteiger partial charge on any atom is 0.103 e. The molecule has 0 amide bonds. The van der Waals surface area contributed by atoms with Crippen molar-refractivity contribution in [3.63, 3.8) is 0 Å². The van der Waals surface area contributed by atoms with Gasteiger partial charge in [0, 0.05) is 12.0 Å². The van der Waals surface area contributed by atoms with Crippen molar-refractivity contribution in [2.24, 2.45) is 5.41 Å². The molecule has 1 fully saturated rings. The van der Waals surface area contributed by atoms with Gasteiger partial charge in [-0.1, -0.05) is 31.4 Å². The van der Waals surface area contributed by atoms with Gasteiger partial charge in [0.25, 0.3) is 0 Å². The zero-order chi connectivity index (χ0) is 12.5. The predicted molar refractivity (Wildman–Crippen MR) is 69.1 cm³/mol. The molecule has 1 aliphatic rings. The molecule has 1 heterocycles. The summed E-state index contributed by atoms with van der Waals surface area (Å²) in [6.45, 7) is 4.93. The Morgan fingerprint density at radius 2 is 2.12 bits per heavy atom. The second-order valence-electron chi connectivity index (χ2n) is 5.02. The van der Waals surface area contributed by atoms with Crippen LogP contribution < -0.4 is 0 Å². The highest BCUT2D eigenvalue weighted by molar-refractivity contribution is 6.31. The summed E-state index contributed by atoms with van der Waals surface area (Å²) in [5, 5.41) is 15.5. The van der Waals surface area contributed by atoms with Crippen molar-refractivity contribution < 1.29 is 5.11 Å². The normalized spacial score (nSPS) is 20.7. The molecule has 1 unspecified atom stereocenters. The Labute approximate surface area is 108 Å². The van der Waals surface area contributed by atoms with E-state index in [1.165, 1.54) is 12.8 Å². The Morgan fingerprint density at radius 1 is 1.47 bits per heavy atom. The highest BCUT2D eigenvalue weighted by atomic mass is 35.5. The molecule has 1 atom stereocenters. The van der Waals surface area contributed by atoms with Crippen LogP contribution in [0.4, 0.5) is 0 Å². The maximum absolute atomic E-state index is 10.7. The number of aliphatic hydroxyl groups is 1. The summed E-state index contributed by atoms with van der Waals surface area (Å²) in [6.07, 6.45) is 6.77. The number of nitrogens with zero attached hydrogens (tertiary/aromatic N) is 2. The number of hydrogen-bond acceptors (Lipinski definition) is 2. The third-order valence-electron chi connectivity index (χ3n) is 4.28. The van der Waals surface area contributed by atoms with E-state index in [-0.39, 0.29) is 5.41 Å². The second kappa shape index (κ2) is 4.99. The van der Waals surface area contributed by atoms with E-state index in [4.69, 9.17) is 11.6 Å². The molecule has 2 rings (SSSR count). The minimum absolute atomic E-state index is 0.0105. The Hall–Kier alpha value is -0.540. The van der Waals surface area contributed by atoms with E-state index in [1.807, 2.05) is 11.6 Å². The van der Waals surface area contributed by atoms with Crippen LogP contribution in [0.2, 0.25) is 5.02 Å². The summed E-state index contributed by atoms with van der Waals surface area (Å²) in [4.78, 5) is 0. The molecule has 17 heavy (non-hydrogen) atoms. The van der Waals surface area contributed by atoms with Crippen LogP contribution in [-0.4, -0.2) is 14.9 Å². The van der Waals surface area contributed by atoms with E-state index >= 15 is 0 Å². The van der Waals surface area contributed by atoms with Crippen molar-refractivity contribution in [2.75, 3.05) is 0 Å². The Balaban J connectivity index is 2.35. The van der Waals surface area contributed by atoms with E-state index in [0.29, 0.717) is 5.02 Å². The van der Waals surface area contributed by atoms with Crippen molar-refractivity contribution in [3.05, 3.63) is 16.9 Å². The molecule has 1 aromatic rings. The largest absolute Gasteiger partial charge is 0.386 e. The van der Waals surface area contributed by atoms with Crippen molar-refractivity contribution in [1.82, 2.24) is 9.78 Å². The van der Waals surface area contributed by atoms with Gasteiger partial charge in [0.05, 0.1) is 16.9 Å². The molecule has 0 aliphatic heterocycles. The van der Waals surface area contributed by atoms with Gasteiger partial charge < -0.3 is 5.11 Å². The lowest BCUT2D eigenvalue weighted by atomic mass is 9.76. The van der Waals surface area contributed by atoms with Gasteiger partial charge in [0.1, 0.15) is 6.10 Å². The molecule has 1 N–H and O–H groups in total. The van der Waals surface area contributed by atoms with E-state index in [9.17, 15) is 5.11 Å². The highest BCUT2D eigenvalue weighted by Gasteiger charge is 2.41. The van der Waals surface area contributed by atoms with Crippen LogP contribution in [0.25, 0.3) is 0 Å². The maximum atomic E-state index is 10.7. The first kappa shape index (κ1) is 12.9. The highest BCUT2D eigenvalue weighted by Crippen LogP contribution is 2.50. The topological polar surface area (TPSA) is 38.0 Å². The SMILES string of the molecule is CCn1ncc(Cl)c1C(O)C1(CC)CCCC1. The van der Waals surface area contributed by atoms with Gasteiger partial charge in [0.15, 0.2) is 0 Å². The van der Waals surface area contributed by atoms with Crippen LogP contribution in [0, 0.1) is 5.41 Å². The molecular formula is C13H21ClN2O. The van der Waals surface area contributed by atoms with Gasteiger partial charge in [-0.25, -0.2) is 0 Å². The fraction of sp³-hybridized carbons (Fsp3) is 0.769. The lowest BCUT2D eigenvalue weighted by molar-refractivity contribution is 0.0172. The summed E-state index contributed by atoms with van der Waals surface area (Å²) in [5.41, 5.74) is 0.814. The molecule has 1 aliphatic carbocycles. The first-order chi connectivity index (χ1) is 8.14. The third-order valence-corrected chi connectivity index (χ3v) is 4.57. The van der Waals surface area contributed by atoms with E-state index in [2.05, 4.69) is 12.0 Å². The van der Waals surface area contributed by atoms with Gasteiger partial charge in [-0.2, -0.15) is 5.10 Å². The van der Waals surface area contributed by atoms with Gasteiger partial charge in [-0.3, -0.25) is 4.68 Å². The minimum atomic E-state index is -0.482. The van der Waals surface area contributed by atoms with Crippen LogP contribution in [-0.2, 0) is 6.54 Å². The lowest BCUT2D eigenvalue weighted by Gasteiger charge is -2.33. The first-order valence-electron chi connectivity index (χ1n) is 6.54. The summed E-state index contributed by atoms with van der Waals surface area (Å²) in [7, 11) is 0. The molecule has 3 nitrogen and oxygen atoms in total. The molecule has 1 saturated carbocycles. The Kier molecular flexibility index (Phi) is 3.79. The lowest BCUT2D eigenvalue weighted by Crippen LogP contribution is -2.27. The molecule has 4 heteroatoms. The first-order valence-corrected chi connectivity index (χ1v) is 6.91. The molecule has 0 radical (unpaired) electrons. The number of aryl methyl sites for hydroxylation is 1. The van der Waals surface area contributed by atoms with Gasteiger partial charge in [-0.15, -0.1) is 0 Å². The fourth-order valence-electron chi connectivity index (χ4n) is 3.09. The average Bonchev–Trinajstić information content (AvgIpc) is 2.95. The number of halogens is 1. The van der Waals surface area contributed by atoms with Crippen molar-refractivity contribution in [2.45, 2.75) is 58.6 Å². The standard InChI is InChI=1S/C13H21ClN2O/c1-3-13(7-5-6-8-13)12(17)11-10(14)9-15-16(11)4-2/h9,12,17H,3-8H2,1-2H3. The molecule has 0 saturated heterocycles. The van der Waals surface area contributed by atoms with E-state index in [1.54, 1.807) is 6.20 Å². The van der Waals surface area contributed by atoms with Gasteiger partial charge in [-0.05, 0) is 26.2 Å². The second-order valence-corrected chi connectivity index (χ2v) is 5.43. The van der Waals surface area contributed by atoms with E-state index in [0.717, 1.165) is 31.5 Å². The van der Waals surface area contributed by atoms with Crippen molar-refractivity contribution in [1.29, 1.82) is 0 Å². The third kappa shape index (κ3) is 2.11. The smallest absolute Gasteiger partial charge is 0.103 e. The van der Waals surface area contributed by atoms with Crippen molar-refractivity contribution >= 4 is 11.6 Å². The summed E-state index contributed by atoms with van der Waals surface area (Å²) >= 11 is 6.17. The van der Waals surface area contributed by atoms with Gasteiger partial charge in [0.2, 0.25) is 0 Å². The molecule has 1 aromatic heterocycles. The van der Waals surface area contributed by atoms with Crippen LogP contribution in [0.15, 0.2) is 6.20 Å². The zero-order valence-corrected chi connectivity index (χ0v) is 11.4. The average molecular weight is 257 g/mol. The quantitative estimate of drug-likeness (QED) is 0.895. The zero-order valence-electron chi connectivity index (χ0n) is 10.6. The molecule has 0 aromatic carbocycles.